The first-order valence-corrected chi connectivity index (χ1v) is 7.62. The van der Waals surface area contributed by atoms with Gasteiger partial charge in [-0.3, -0.25) is 10.1 Å². The molecule has 1 aliphatic heterocycles. The fraction of sp³-hybridized carbons (Fsp3) is 0.267. The fourth-order valence-corrected chi connectivity index (χ4v) is 2.90. The molecule has 1 N–H and O–H groups in total. The second-order valence-corrected chi connectivity index (χ2v) is 5.69. The number of amides is 1. The molecule has 1 aliphatic rings. The molecule has 0 saturated carbocycles. The molecule has 1 amide bonds. The Morgan fingerprint density at radius 1 is 1.33 bits per heavy atom. The van der Waals surface area contributed by atoms with Crippen LogP contribution in [0.15, 0.2) is 36.4 Å². The summed E-state index contributed by atoms with van der Waals surface area (Å²) in [5.74, 6) is -0.214. The first-order chi connectivity index (χ1) is 10.3. The summed E-state index contributed by atoms with van der Waals surface area (Å²) in [6.07, 6.45) is 5.30. The molecule has 1 saturated heterocycles. The van der Waals surface area contributed by atoms with Crippen LogP contribution in [0.3, 0.4) is 0 Å². The van der Waals surface area contributed by atoms with E-state index >= 15 is 0 Å². The van der Waals surface area contributed by atoms with Gasteiger partial charge in [-0.05, 0) is 24.5 Å². The van der Waals surface area contributed by atoms with Crippen molar-refractivity contribution in [3.63, 3.8) is 0 Å². The van der Waals surface area contributed by atoms with Crippen LogP contribution in [0.5, 0.6) is 0 Å². The summed E-state index contributed by atoms with van der Waals surface area (Å²) < 4.78 is 5.54. The number of carbonyl (C=O) groups excluding carboxylic acids is 1. The second-order valence-electron chi connectivity index (χ2n) is 4.68. The van der Waals surface area contributed by atoms with Crippen molar-refractivity contribution < 1.29 is 9.53 Å². The zero-order valence-corrected chi connectivity index (χ0v) is 12.2. The van der Waals surface area contributed by atoms with Crippen LogP contribution in [-0.4, -0.2) is 22.7 Å². The smallest absolute Gasteiger partial charge is 0.250 e. The molecule has 21 heavy (non-hydrogen) atoms. The number of anilines is 1. The molecule has 1 aromatic carbocycles. The van der Waals surface area contributed by atoms with Gasteiger partial charge in [-0.15, -0.1) is 10.2 Å². The molecule has 2 heterocycles. The van der Waals surface area contributed by atoms with Gasteiger partial charge in [0.05, 0.1) is 0 Å². The minimum Gasteiger partial charge on any atom is -0.371 e. The van der Waals surface area contributed by atoms with Gasteiger partial charge < -0.3 is 4.74 Å². The molecule has 0 radical (unpaired) electrons. The number of nitrogens with one attached hydrogen (secondary N) is 1. The first-order valence-electron chi connectivity index (χ1n) is 6.80. The predicted octanol–water partition coefficient (Wildman–Crippen LogP) is 3.04. The van der Waals surface area contributed by atoms with Gasteiger partial charge in [-0.25, -0.2) is 0 Å². The van der Waals surface area contributed by atoms with Crippen molar-refractivity contribution in [2.24, 2.45) is 0 Å². The Bertz CT molecular complexity index is 633. The van der Waals surface area contributed by atoms with Crippen LogP contribution in [0.1, 0.15) is 29.5 Å². The van der Waals surface area contributed by atoms with Gasteiger partial charge in [0.15, 0.2) is 0 Å². The molecule has 6 heteroatoms. The van der Waals surface area contributed by atoms with Crippen molar-refractivity contribution in [1.29, 1.82) is 0 Å². The normalized spacial score (nSPS) is 18.2. The van der Waals surface area contributed by atoms with Gasteiger partial charge >= 0.3 is 0 Å². The summed E-state index contributed by atoms with van der Waals surface area (Å²) >= 11 is 1.37. The number of aromatic nitrogens is 2. The number of carbonyl (C=O) groups is 1. The summed E-state index contributed by atoms with van der Waals surface area (Å²) in [7, 11) is 0. The van der Waals surface area contributed by atoms with E-state index in [0.29, 0.717) is 5.13 Å². The van der Waals surface area contributed by atoms with Crippen LogP contribution in [-0.2, 0) is 9.53 Å². The van der Waals surface area contributed by atoms with Crippen molar-refractivity contribution in [2.45, 2.75) is 18.9 Å². The van der Waals surface area contributed by atoms with E-state index in [4.69, 9.17) is 4.74 Å². The van der Waals surface area contributed by atoms with E-state index in [1.165, 1.54) is 17.4 Å². The molecular formula is C15H15N3O2S. The third-order valence-electron chi connectivity index (χ3n) is 3.10. The largest absolute Gasteiger partial charge is 0.371 e. The lowest BCUT2D eigenvalue weighted by atomic mass is 10.2. The van der Waals surface area contributed by atoms with Gasteiger partial charge in [0.1, 0.15) is 11.1 Å². The number of nitrogens with zero attached hydrogens (tertiary/aromatic N) is 2. The molecule has 108 valence electrons. The molecule has 1 aromatic heterocycles. The van der Waals surface area contributed by atoms with E-state index < -0.39 is 0 Å². The van der Waals surface area contributed by atoms with Gasteiger partial charge in [-0.1, -0.05) is 41.7 Å². The van der Waals surface area contributed by atoms with E-state index in [1.54, 1.807) is 6.08 Å². The summed E-state index contributed by atoms with van der Waals surface area (Å²) in [6, 6.07) is 9.66. The van der Waals surface area contributed by atoms with E-state index in [2.05, 4.69) is 15.5 Å². The number of benzene rings is 1. The Hall–Kier alpha value is -2.05. The average molecular weight is 301 g/mol. The lowest BCUT2D eigenvalue weighted by Crippen LogP contribution is -2.07. The highest BCUT2D eigenvalue weighted by atomic mass is 32.1. The highest BCUT2D eigenvalue weighted by Crippen LogP contribution is 2.31. The lowest BCUT2D eigenvalue weighted by Gasteiger charge is -2.01. The second kappa shape index (κ2) is 6.60. The molecule has 1 fully saturated rings. The van der Waals surface area contributed by atoms with Crippen LogP contribution >= 0.6 is 11.3 Å². The Kier molecular flexibility index (Phi) is 4.37. The molecule has 3 rings (SSSR count). The molecule has 1 unspecified atom stereocenters. The molecule has 0 bridgehead atoms. The molecular weight excluding hydrogens is 286 g/mol. The van der Waals surface area contributed by atoms with E-state index in [9.17, 15) is 4.79 Å². The van der Waals surface area contributed by atoms with Crippen LogP contribution < -0.4 is 5.32 Å². The molecule has 0 spiro atoms. The number of rotatable bonds is 4. The molecule has 1 atom stereocenters. The van der Waals surface area contributed by atoms with Gasteiger partial charge in [0, 0.05) is 12.7 Å². The SMILES string of the molecule is O=C(/C=C/c1ccccc1)Nc1nnc(C2CCCO2)s1. The summed E-state index contributed by atoms with van der Waals surface area (Å²) in [4.78, 5) is 11.8. The van der Waals surface area contributed by atoms with E-state index in [0.717, 1.165) is 30.0 Å². The Balaban J connectivity index is 1.58. The third kappa shape index (κ3) is 3.74. The van der Waals surface area contributed by atoms with Crippen molar-refractivity contribution in [3.8, 4) is 0 Å². The molecule has 5 nitrogen and oxygen atoms in total. The number of hydrogen-bond acceptors (Lipinski definition) is 5. The number of ether oxygens (including phenoxy) is 1. The summed E-state index contributed by atoms with van der Waals surface area (Å²) in [6.45, 7) is 0.770. The predicted molar refractivity (Wildman–Crippen MR) is 81.9 cm³/mol. The standard InChI is InChI=1S/C15H15N3O2S/c19-13(9-8-11-5-2-1-3-6-11)16-15-18-17-14(21-15)12-7-4-10-20-12/h1-3,5-6,8-9,12H,4,7,10H2,(H,16,18,19)/b9-8+. The van der Waals surface area contributed by atoms with E-state index in [1.807, 2.05) is 30.3 Å². The Labute approximate surface area is 126 Å². The maximum atomic E-state index is 11.8. The Morgan fingerprint density at radius 2 is 2.19 bits per heavy atom. The highest BCUT2D eigenvalue weighted by molar-refractivity contribution is 7.15. The topological polar surface area (TPSA) is 64.1 Å². The monoisotopic (exact) mass is 301 g/mol. The van der Waals surface area contributed by atoms with Crippen molar-refractivity contribution in [1.82, 2.24) is 10.2 Å². The molecule has 0 aliphatic carbocycles. The van der Waals surface area contributed by atoms with Gasteiger partial charge in [0.2, 0.25) is 11.0 Å². The minimum absolute atomic E-state index is 0.0352. The zero-order chi connectivity index (χ0) is 14.5. The van der Waals surface area contributed by atoms with Crippen LogP contribution in [0.2, 0.25) is 0 Å². The molecule has 2 aromatic rings. The summed E-state index contributed by atoms with van der Waals surface area (Å²) in [5, 5.41) is 12.1. The maximum absolute atomic E-state index is 11.8. The quantitative estimate of drug-likeness (QED) is 0.882. The minimum atomic E-state index is -0.214. The van der Waals surface area contributed by atoms with Gasteiger partial charge in [0.25, 0.3) is 0 Å². The highest BCUT2D eigenvalue weighted by Gasteiger charge is 2.22. The average Bonchev–Trinajstić information content (AvgIpc) is 3.17. The van der Waals surface area contributed by atoms with Crippen molar-refractivity contribution in [2.75, 3.05) is 11.9 Å². The zero-order valence-electron chi connectivity index (χ0n) is 11.4. The van der Waals surface area contributed by atoms with Crippen molar-refractivity contribution in [3.05, 3.63) is 47.0 Å². The van der Waals surface area contributed by atoms with Crippen molar-refractivity contribution >= 4 is 28.5 Å². The van der Waals surface area contributed by atoms with E-state index in [-0.39, 0.29) is 12.0 Å². The first kappa shape index (κ1) is 13.9. The van der Waals surface area contributed by atoms with Gasteiger partial charge in [-0.2, -0.15) is 0 Å². The summed E-state index contributed by atoms with van der Waals surface area (Å²) in [5.41, 5.74) is 0.977. The van der Waals surface area contributed by atoms with Crippen LogP contribution in [0.25, 0.3) is 6.08 Å². The fourth-order valence-electron chi connectivity index (χ4n) is 2.07. The van der Waals surface area contributed by atoms with Crippen LogP contribution in [0.4, 0.5) is 5.13 Å². The van der Waals surface area contributed by atoms with Crippen LogP contribution in [0, 0.1) is 0 Å². The third-order valence-corrected chi connectivity index (χ3v) is 4.03. The Morgan fingerprint density at radius 3 is 2.95 bits per heavy atom. The number of hydrogen-bond donors (Lipinski definition) is 1. The maximum Gasteiger partial charge on any atom is 0.250 e. The lowest BCUT2D eigenvalue weighted by molar-refractivity contribution is -0.111.